The smallest absolute Gasteiger partial charge is 0.341 e. The van der Waals surface area contributed by atoms with Gasteiger partial charge in [0, 0.05) is 16.5 Å². The minimum absolute atomic E-state index is 0.224. The van der Waals surface area contributed by atoms with Gasteiger partial charge in [-0.25, -0.2) is 4.79 Å². The standard InChI is InChI=1S/C22H23NO6S/c1-4-29-15-8-6-5-7-13(15)9-12-17(24)23-20-19(22(26)28-3)18-14(21(25)27-2)10-11-16(18)30-20/h5-9,12,14H,4,10-11H2,1-3H3,(H,23,24)/b12-9+. The van der Waals surface area contributed by atoms with Crippen LogP contribution in [0.4, 0.5) is 5.00 Å². The molecule has 158 valence electrons. The second-order valence-electron chi connectivity index (χ2n) is 6.54. The summed E-state index contributed by atoms with van der Waals surface area (Å²) in [5.41, 5.74) is 1.59. The molecule has 1 unspecified atom stereocenters. The molecule has 7 nitrogen and oxygen atoms in total. The average Bonchev–Trinajstić information content (AvgIpc) is 3.31. The van der Waals surface area contributed by atoms with Crippen molar-refractivity contribution < 1.29 is 28.6 Å². The summed E-state index contributed by atoms with van der Waals surface area (Å²) in [4.78, 5) is 38.0. The summed E-state index contributed by atoms with van der Waals surface area (Å²) in [7, 11) is 2.59. The Morgan fingerprint density at radius 1 is 1.20 bits per heavy atom. The van der Waals surface area contributed by atoms with Gasteiger partial charge in [0.05, 0.1) is 32.3 Å². The number of rotatable bonds is 7. The molecule has 0 saturated carbocycles. The van der Waals surface area contributed by atoms with Crippen molar-refractivity contribution in [3.05, 3.63) is 51.9 Å². The van der Waals surface area contributed by atoms with E-state index in [2.05, 4.69) is 5.32 Å². The Hall–Kier alpha value is -3.13. The molecule has 8 heteroatoms. The maximum absolute atomic E-state index is 12.5. The Bertz CT molecular complexity index is 994. The minimum Gasteiger partial charge on any atom is -0.493 e. The Morgan fingerprint density at radius 3 is 2.67 bits per heavy atom. The van der Waals surface area contributed by atoms with E-state index in [1.807, 2.05) is 31.2 Å². The van der Waals surface area contributed by atoms with Crippen LogP contribution in [0.25, 0.3) is 6.08 Å². The van der Waals surface area contributed by atoms with Crippen molar-refractivity contribution in [1.82, 2.24) is 0 Å². The predicted molar refractivity (Wildman–Crippen MR) is 114 cm³/mol. The summed E-state index contributed by atoms with van der Waals surface area (Å²) in [6, 6.07) is 7.38. The molecule has 1 aromatic heterocycles. The first-order chi connectivity index (χ1) is 14.5. The van der Waals surface area contributed by atoms with Gasteiger partial charge < -0.3 is 19.5 Å². The molecule has 3 rings (SSSR count). The summed E-state index contributed by atoms with van der Waals surface area (Å²) >= 11 is 1.29. The fourth-order valence-electron chi connectivity index (χ4n) is 3.46. The van der Waals surface area contributed by atoms with E-state index in [0.717, 1.165) is 10.4 Å². The number of amides is 1. The van der Waals surface area contributed by atoms with E-state index >= 15 is 0 Å². The van der Waals surface area contributed by atoms with Crippen molar-refractivity contribution in [2.24, 2.45) is 0 Å². The largest absolute Gasteiger partial charge is 0.493 e. The molecule has 30 heavy (non-hydrogen) atoms. The number of nitrogens with one attached hydrogen (secondary N) is 1. The van der Waals surface area contributed by atoms with E-state index in [4.69, 9.17) is 14.2 Å². The van der Waals surface area contributed by atoms with Crippen LogP contribution in [0, 0.1) is 0 Å². The van der Waals surface area contributed by atoms with Gasteiger partial charge >= 0.3 is 11.9 Å². The number of methoxy groups -OCH3 is 2. The molecule has 0 saturated heterocycles. The van der Waals surface area contributed by atoms with E-state index in [1.165, 1.54) is 31.6 Å². The van der Waals surface area contributed by atoms with Crippen molar-refractivity contribution in [1.29, 1.82) is 0 Å². The number of fused-ring (bicyclic) bond motifs is 1. The van der Waals surface area contributed by atoms with Crippen LogP contribution < -0.4 is 10.1 Å². The molecule has 1 amide bonds. The number of benzene rings is 1. The first kappa shape index (κ1) is 21.6. The summed E-state index contributed by atoms with van der Waals surface area (Å²) in [5, 5.41) is 3.12. The highest BCUT2D eigenvalue weighted by molar-refractivity contribution is 7.17. The number of thiophene rings is 1. The van der Waals surface area contributed by atoms with Gasteiger partial charge in [0.25, 0.3) is 0 Å². The van der Waals surface area contributed by atoms with Crippen LogP contribution in [0.15, 0.2) is 30.3 Å². The van der Waals surface area contributed by atoms with Gasteiger partial charge in [-0.15, -0.1) is 11.3 Å². The second kappa shape index (κ2) is 9.58. The summed E-state index contributed by atoms with van der Waals surface area (Å²) < 4.78 is 15.3. The van der Waals surface area contributed by atoms with Crippen molar-refractivity contribution in [3.63, 3.8) is 0 Å². The van der Waals surface area contributed by atoms with Gasteiger partial charge in [0.2, 0.25) is 5.91 Å². The van der Waals surface area contributed by atoms with Gasteiger partial charge in [0.15, 0.2) is 0 Å². The number of ether oxygens (including phenoxy) is 3. The normalized spacial score (nSPS) is 15.0. The fourth-order valence-corrected chi connectivity index (χ4v) is 4.73. The number of esters is 2. The minimum atomic E-state index is -0.593. The topological polar surface area (TPSA) is 90.9 Å². The molecule has 0 bridgehead atoms. The number of para-hydroxylation sites is 1. The van der Waals surface area contributed by atoms with Gasteiger partial charge in [-0.3, -0.25) is 9.59 Å². The van der Waals surface area contributed by atoms with Crippen LogP contribution >= 0.6 is 11.3 Å². The van der Waals surface area contributed by atoms with Crippen LogP contribution in [0.3, 0.4) is 0 Å². The third kappa shape index (κ3) is 4.38. The fraction of sp³-hybridized carbons (Fsp3) is 0.318. The molecule has 0 aliphatic heterocycles. The molecule has 1 atom stereocenters. The molecule has 1 N–H and O–H groups in total. The monoisotopic (exact) mass is 429 g/mol. The maximum Gasteiger partial charge on any atom is 0.341 e. The van der Waals surface area contributed by atoms with E-state index in [-0.39, 0.29) is 5.56 Å². The molecule has 1 heterocycles. The van der Waals surface area contributed by atoms with Crippen LogP contribution in [-0.2, 0) is 25.5 Å². The van der Waals surface area contributed by atoms with E-state index < -0.39 is 23.8 Å². The molecular weight excluding hydrogens is 406 g/mol. The van der Waals surface area contributed by atoms with Gasteiger partial charge in [-0.1, -0.05) is 18.2 Å². The summed E-state index contributed by atoms with van der Waals surface area (Å²) in [6.07, 6.45) is 4.23. The number of carbonyl (C=O) groups is 3. The SMILES string of the molecule is CCOc1ccccc1/C=C/C(=O)Nc1sc2c(c1C(=O)OC)C(C(=O)OC)CC2. The lowest BCUT2D eigenvalue weighted by Crippen LogP contribution is -2.16. The van der Waals surface area contributed by atoms with Gasteiger partial charge in [0.1, 0.15) is 10.8 Å². The molecule has 0 radical (unpaired) electrons. The van der Waals surface area contributed by atoms with Crippen molar-refractivity contribution in [3.8, 4) is 5.75 Å². The number of anilines is 1. The lowest BCUT2D eigenvalue weighted by Gasteiger charge is -2.11. The Balaban J connectivity index is 1.86. The van der Waals surface area contributed by atoms with Crippen molar-refractivity contribution >= 4 is 40.3 Å². The molecule has 0 fully saturated rings. The van der Waals surface area contributed by atoms with Gasteiger partial charge in [-0.2, -0.15) is 0 Å². The quantitative estimate of drug-likeness (QED) is 0.532. The number of carbonyl (C=O) groups excluding carboxylic acids is 3. The first-order valence-electron chi connectivity index (χ1n) is 9.52. The van der Waals surface area contributed by atoms with E-state index in [1.54, 1.807) is 6.08 Å². The molecule has 1 aromatic carbocycles. The lowest BCUT2D eigenvalue weighted by atomic mass is 9.99. The maximum atomic E-state index is 12.5. The van der Waals surface area contributed by atoms with Crippen LogP contribution in [0.2, 0.25) is 0 Å². The Labute approximate surface area is 178 Å². The van der Waals surface area contributed by atoms with Crippen LogP contribution in [0.1, 0.15) is 45.6 Å². The van der Waals surface area contributed by atoms with Crippen molar-refractivity contribution in [2.75, 3.05) is 26.1 Å². The number of aryl methyl sites for hydroxylation is 1. The first-order valence-corrected chi connectivity index (χ1v) is 10.3. The molecular formula is C22H23NO6S. The molecule has 1 aliphatic carbocycles. The van der Waals surface area contributed by atoms with Crippen molar-refractivity contribution in [2.45, 2.75) is 25.7 Å². The number of hydrogen-bond donors (Lipinski definition) is 1. The Kier molecular flexibility index (Phi) is 6.89. The zero-order chi connectivity index (χ0) is 21.7. The average molecular weight is 429 g/mol. The highest BCUT2D eigenvalue weighted by Gasteiger charge is 2.38. The lowest BCUT2D eigenvalue weighted by molar-refractivity contribution is -0.142. The molecule has 0 spiro atoms. The van der Waals surface area contributed by atoms with E-state index in [0.29, 0.717) is 35.8 Å². The number of hydrogen-bond acceptors (Lipinski definition) is 7. The predicted octanol–water partition coefficient (Wildman–Crippen LogP) is 3.79. The highest BCUT2D eigenvalue weighted by Crippen LogP contribution is 2.45. The highest BCUT2D eigenvalue weighted by atomic mass is 32.1. The molecule has 1 aliphatic rings. The molecule has 2 aromatic rings. The zero-order valence-corrected chi connectivity index (χ0v) is 17.8. The Morgan fingerprint density at radius 2 is 1.97 bits per heavy atom. The summed E-state index contributed by atoms with van der Waals surface area (Å²) in [5.74, 6) is -1.25. The van der Waals surface area contributed by atoms with Crippen LogP contribution in [-0.4, -0.2) is 38.7 Å². The summed E-state index contributed by atoms with van der Waals surface area (Å²) in [6.45, 7) is 2.40. The third-order valence-corrected chi connectivity index (χ3v) is 5.96. The van der Waals surface area contributed by atoms with Crippen LogP contribution in [0.5, 0.6) is 5.75 Å². The zero-order valence-electron chi connectivity index (χ0n) is 17.0. The second-order valence-corrected chi connectivity index (χ2v) is 7.65. The van der Waals surface area contributed by atoms with E-state index in [9.17, 15) is 14.4 Å². The van der Waals surface area contributed by atoms with Gasteiger partial charge in [-0.05, 0) is 37.5 Å². The third-order valence-electron chi connectivity index (χ3n) is 4.78.